The maximum absolute atomic E-state index is 4.21. The summed E-state index contributed by atoms with van der Waals surface area (Å²) < 4.78 is 2.47. The highest BCUT2D eigenvalue weighted by molar-refractivity contribution is 5.95. The number of aryl methyl sites for hydroxylation is 1. The Morgan fingerprint density at radius 1 is 0.971 bits per heavy atom. The molecular weight excluding hydrogens is 424 g/mol. The molecule has 2 heterocycles. The van der Waals surface area contributed by atoms with E-state index in [0.717, 1.165) is 24.1 Å². The van der Waals surface area contributed by atoms with E-state index in [4.69, 9.17) is 0 Å². The number of nitrogens with one attached hydrogen (secondary N) is 1. The van der Waals surface area contributed by atoms with Gasteiger partial charge in [0.1, 0.15) is 0 Å². The van der Waals surface area contributed by atoms with Crippen molar-refractivity contribution in [1.29, 1.82) is 0 Å². The molecule has 1 aliphatic heterocycles. The molecule has 2 aliphatic rings. The Hall–Kier alpha value is -4.04. The van der Waals surface area contributed by atoms with Crippen LogP contribution in [0.1, 0.15) is 53.8 Å². The minimum Gasteiger partial charge on any atom is -0.374 e. The number of benzene rings is 3. The minimum atomic E-state index is 0.0820. The number of aromatic nitrogens is 1. The summed E-state index contributed by atoms with van der Waals surface area (Å²) in [5, 5.41) is 5.14. The van der Waals surface area contributed by atoms with E-state index in [1.165, 1.54) is 51.0 Å². The predicted octanol–water partition coefficient (Wildman–Crippen LogP) is 8.25. The van der Waals surface area contributed by atoms with Crippen LogP contribution in [-0.2, 0) is 6.42 Å². The van der Waals surface area contributed by atoms with Gasteiger partial charge in [0.2, 0.25) is 0 Å². The van der Waals surface area contributed by atoms with E-state index in [2.05, 4.69) is 127 Å². The number of dihydropyridines is 1. The van der Waals surface area contributed by atoms with Gasteiger partial charge in [0.05, 0.1) is 11.6 Å². The van der Waals surface area contributed by atoms with Crippen LogP contribution in [0.2, 0.25) is 0 Å². The molecule has 1 atom stereocenters. The maximum Gasteiger partial charge on any atom is 0.0721 e. The molecule has 2 heteroatoms. The number of nitrogens with zero attached hydrogens (tertiary/aromatic N) is 1. The summed E-state index contributed by atoms with van der Waals surface area (Å²) in [6, 6.07) is 28.3. The second-order valence-corrected chi connectivity index (χ2v) is 9.55. The van der Waals surface area contributed by atoms with Crippen molar-refractivity contribution < 1.29 is 0 Å². The van der Waals surface area contributed by atoms with Crippen molar-refractivity contribution in [3.05, 3.63) is 132 Å². The highest BCUT2D eigenvalue weighted by Gasteiger charge is 2.23. The monoisotopic (exact) mass is 454 g/mol. The molecule has 0 amide bonds. The van der Waals surface area contributed by atoms with Gasteiger partial charge in [0.25, 0.3) is 0 Å². The Morgan fingerprint density at radius 2 is 1.74 bits per heavy atom. The fraction of sp³-hybridized carbons (Fsp3) is 0.152. The SMILES string of the molecule is C=C(C)c1ccc2c3c(n(C4=CC(c5ccccc5)NC(c5ccccc5)=C4)c2c1)C=CCCC3. The Kier molecular flexibility index (Phi) is 5.50. The summed E-state index contributed by atoms with van der Waals surface area (Å²) in [6.07, 6.45) is 12.7. The smallest absolute Gasteiger partial charge is 0.0721 e. The van der Waals surface area contributed by atoms with E-state index in [9.17, 15) is 0 Å². The lowest BCUT2D eigenvalue weighted by Crippen LogP contribution is -2.23. The molecule has 0 radical (unpaired) electrons. The van der Waals surface area contributed by atoms with E-state index >= 15 is 0 Å². The third-order valence-corrected chi connectivity index (χ3v) is 7.12. The van der Waals surface area contributed by atoms with Crippen molar-refractivity contribution in [1.82, 2.24) is 9.88 Å². The zero-order valence-corrected chi connectivity index (χ0v) is 20.2. The largest absolute Gasteiger partial charge is 0.374 e. The molecular formula is C33H30N2. The van der Waals surface area contributed by atoms with Crippen molar-refractivity contribution in [3.63, 3.8) is 0 Å². The van der Waals surface area contributed by atoms with Crippen LogP contribution in [0.3, 0.4) is 0 Å². The molecule has 0 bridgehead atoms. The van der Waals surface area contributed by atoms with Gasteiger partial charge in [0.15, 0.2) is 0 Å². The molecule has 2 nitrogen and oxygen atoms in total. The number of fused-ring (bicyclic) bond motifs is 3. The van der Waals surface area contributed by atoms with Gasteiger partial charge >= 0.3 is 0 Å². The van der Waals surface area contributed by atoms with Gasteiger partial charge in [-0.2, -0.15) is 0 Å². The molecule has 1 aliphatic carbocycles. The Bertz CT molecular complexity index is 1500. The lowest BCUT2D eigenvalue weighted by atomic mass is 9.99. The summed E-state index contributed by atoms with van der Waals surface area (Å²) in [6.45, 7) is 6.30. The first-order valence-corrected chi connectivity index (χ1v) is 12.5. The number of hydrogen-bond donors (Lipinski definition) is 1. The molecule has 4 aromatic rings. The molecule has 0 fully saturated rings. The number of rotatable bonds is 4. The van der Waals surface area contributed by atoms with E-state index in [1.807, 2.05) is 0 Å². The average Bonchev–Trinajstić information content (AvgIpc) is 3.03. The van der Waals surface area contributed by atoms with Crippen molar-refractivity contribution in [2.75, 3.05) is 0 Å². The van der Waals surface area contributed by atoms with Gasteiger partial charge in [-0.1, -0.05) is 91.0 Å². The molecule has 35 heavy (non-hydrogen) atoms. The fourth-order valence-corrected chi connectivity index (χ4v) is 5.33. The predicted molar refractivity (Wildman–Crippen MR) is 150 cm³/mol. The second-order valence-electron chi connectivity index (χ2n) is 9.55. The number of allylic oxidation sites excluding steroid dienone is 4. The van der Waals surface area contributed by atoms with Crippen molar-refractivity contribution >= 4 is 33.9 Å². The second kappa shape index (κ2) is 8.96. The van der Waals surface area contributed by atoms with Crippen LogP contribution in [0.4, 0.5) is 0 Å². The molecule has 0 spiro atoms. The highest BCUT2D eigenvalue weighted by atomic mass is 15.0. The van der Waals surface area contributed by atoms with Crippen LogP contribution < -0.4 is 5.32 Å². The lowest BCUT2D eigenvalue weighted by molar-refractivity contribution is 0.760. The molecule has 0 saturated carbocycles. The van der Waals surface area contributed by atoms with Crippen LogP contribution in [-0.4, -0.2) is 4.57 Å². The summed E-state index contributed by atoms with van der Waals surface area (Å²) in [5.74, 6) is 0. The molecule has 1 aromatic heterocycles. The third kappa shape index (κ3) is 3.95. The van der Waals surface area contributed by atoms with E-state index in [0.29, 0.717) is 0 Å². The summed E-state index contributed by atoms with van der Waals surface area (Å²) in [4.78, 5) is 0. The standard InChI is InChI=1S/C33H30N2/c1-23(2)26-18-19-29-28-16-10-5-11-17-32(28)35(33(29)20-26)27-21-30(24-12-6-3-7-13-24)34-31(22-27)25-14-8-4-9-15-25/h3-4,6-9,11-15,17-22,30,34H,1,5,10,16H2,2H3. The molecule has 3 aromatic carbocycles. The van der Waals surface area contributed by atoms with Crippen LogP contribution in [0.25, 0.3) is 33.9 Å². The summed E-state index contributed by atoms with van der Waals surface area (Å²) >= 11 is 0. The Balaban J connectivity index is 1.62. The fourth-order valence-electron chi connectivity index (χ4n) is 5.33. The Morgan fingerprint density at radius 3 is 2.51 bits per heavy atom. The van der Waals surface area contributed by atoms with E-state index in [1.54, 1.807) is 0 Å². The van der Waals surface area contributed by atoms with Gasteiger partial charge in [-0.25, -0.2) is 0 Å². The lowest BCUT2D eigenvalue weighted by Gasteiger charge is -2.27. The quantitative estimate of drug-likeness (QED) is 0.328. The summed E-state index contributed by atoms with van der Waals surface area (Å²) in [5.41, 5.74) is 11.1. The first-order chi connectivity index (χ1) is 17.2. The van der Waals surface area contributed by atoms with Crippen LogP contribution >= 0.6 is 0 Å². The van der Waals surface area contributed by atoms with E-state index in [-0.39, 0.29) is 6.04 Å². The van der Waals surface area contributed by atoms with Gasteiger partial charge in [-0.15, -0.1) is 0 Å². The average molecular weight is 455 g/mol. The van der Waals surface area contributed by atoms with Crippen LogP contribution in [0.15, 0.2) is 104 Å². The molecule has 0 saturated heterocycles. The van der Waals surface area contributed by atoms with Gasteiger partial charge in [-0.3, -0.25) is 0 Å². The van der Waals surface area contributed by atoms with Crippen molar-refractivity contribution in [2.24, 2.45) is 0 Å². The first kappa shape index (κ1) is 21.5. The first-order valence-electron chi connectivity index (χ1n) is 12.5. The molecule has 1 N–H and O–H groups in total. The normalized spacial score (nSPS) is 17.2. The number of hydrogen-bond acceptors (Lipinski definition) is 1. The van der Waals surface area contributed by atoms with Gasteiger partial charge in [0, 0.05) is 22.5 Å². The molecule has 6 rings (SSSR count). The third-order valence-electron chi connectivity index (χ3n) is 7.12. The summed E-state index contributed by atoms with van der Waals surface area (Å²) in [7, 11) is 0. The van der Waals surface area contributed by atoms with E-state index < -0.39 is 0 Å². The topological polar surface area (TPSA) is 17.0 Å². The van der Waals surface area contributed by atoms with Crippen molar-refractivity contribution in [3.8, 4) is 0 Å². The van der Waals surface area contributed by atoms with Crippen LogP contribution in [0, 0.1) is 0 Å². The van der Waals surface area contributed by atoms with Gasteiger partial charge < -0.3 is 9.88 Å². The minimum absolute atomic E-state index is 0.0820. The molecule has 1 unspecified atom stereocenters. The maximum atomic E-state index is 4.21. The Labute approximate surface area is 207 Å². The van der Waals surface area contributed by atoms with Gasteiger partial charge in [-0.05, 0) is 72.7 Å². The zero-order valence-electron chi connectivity index (χ0n) is 20.2. The van der Waals surface area contributed by atoms with Crippen LogP contribution in [0.5, 0.6) is 0 Å². The van der Waals surface area contributed by atoms with Crippen molar-refractivity contribution in [2.45, 2.75) is 32.2 Å². The zero-order chi connectivity index (χ0) is 23.8. The molecule has 172 valence electrons. The highest BCUT2D eigenvalue weighted by Crippen LogP contribution is 2.38.